The van der Waals surface area contributed by atoms with Crippen molar-refractivity contribution in [3.05, 3.63) is 29.8 Å². The van der Waals surface area contributed by atoms with Gasteiger partial charge in [0.15, 0.2) is 0 Å². The minimum Gasteiger partial charge on any atom is -0.378 e. The van der Waals surface area contributed by atoms with Gasteiger partial charge >= 0.3 is 0 Å². The molecule has 0 heterocycles. The summed E-state index contributed by atoms with van der Waals surface area (Å²) in [7, 11) is 7.82. The van der Waals surface area contributed by atoms with Crippen LogP contribution >= 0.6 is 11.6 Å². The molecule has 0 saturated carbocycles. The van der Waals surface area contributed by atoms with Crippen LogP contribution in [0.5, 0.6) is 0 Å². The lowest BCUT2D eigenvalue weighted by Gasteiger charge is -2.11. The van der Waals surface area contributed by atoms with E-state index in [4.69, 9.17) is 11.6 Å². The highest BCUT2D eigenvalue weighted by Gasteiger charge is 2.04. The largest absolute Gasteiger partial charge is 0.378 e. The van der Waals surface area contributed by atoms with Crippen molar-refractivity contribution in [2.45, 2.75) is 0 Å². The maximum Gasteiger partial charge on any atom is 0.282 e. The third kappa shape index (κ3) is 3.66. The average molecular weight is 239 g/mol. The van der Waals surface area contributed by atoms with E-state index in [1.54, 1.807) is 6.34 Å². The van der Waals surface area contributed by atoms with Crippen LogP contribution in [0.25, 0.3) is 0 Å². The summed E-state index contributed by atoms with van der Waals surface area (Å²) in [5.41, 5.74) is 2.06. The molecule has 0 spiro atoms. The molecule has 0 amide bonds. The van der Waals surface area contributed by atoms with Crippen LogP contribution in [0.3, 0.4) is 0 Å². The average Bonchev–Trinajstić information content (AvgIpc) is 2.26. The molecule has 86 valence electrons. The molecule has 0 saturated heterocycles. The molecule has 0 aliphatic rings. The zero-order chi connectivity index (χ0) is 12.1. The van der Waals surface area contributed by atoms with Crippen LogP contribution in [-0.4, -0.2) is 44.3 Å². The topological polar surface area (TPSA) is 18.6 Å². The molecule has 4 heteroatoms. The molecule has 1 aromatic carbocycles. The number of rotatable bonds is 3. The van der Waals surface area contributed by atoms with E-state index in [9.17, 15) is 0 Å². The summed E-state index contributed by atoms with van der Waals surface area (Å²) in [4.78, 5) is 6.18. The number of hydrogen-bond donors (Lipinski definition) is 0. The molecule has 0 bridgehead atoms. The van der Waals surface area contributed by atoms with Gasteiger partial charge in [-0.3, -0.25) is 4.58 Å². The summed E-state index contributed by atoms with van der Waals surface area (Å²) in [6, 6.07) is 7.96. The molecule has 1 rings (SSSR count). The number of halogens is 1. The summed E-state index contributed by atoms with van der Waals surface area (Å²) in [5.74, 6) is 0. The van der Waals surface area contributed by atoms with Crippen LogP contribution in [0.4, 0.5) is 5.69 Å². The van der Waals surface area contributed by atoms with E-state index in [2.05, 4.69) is 4.99 Å². The van der Waals surface area contributed by atoms with Crippen LogP contribution in [0, 0.1) is 0 Å². The van der Waals surface area contributed by atoms with Crippen LogP contribution in [-0.2, 0) is 0 Å². The minimum absolute atomic E-state index is 0.499. The standard InChI is InChI=1S/C12H17ClN3/c1-15(2)9-14-12(13)10-5-7-11(8-6-10)16(3)4/h5-9H,1-4H3/q+1. The summed E-state index contributed by atoms with van der Waals surface area (Å²) in [6.07, 6.45) is 1.68. The zero-order valence-electron chi connectivity index (χ0n) is 10.1. The molecular formula is C12H17ClN3+. The van der Waals surface area contributed by atoms with Crippen molar-refractivity contribution in [2.75, 3.05) is 33.1 Å². The van der Waals surface area contributed by atoms with Crippen molar-refractivity contribution in [3.8, 4) is 0 Å². The van der Waals surface area contributed by atoms with E-state index in [1.807, 2.05) is 61.9 Å². The smallest absolute Gasteiger partial charge is 0.282 e. The van der Waals surface area contributed by atoms with Gasteiger partial charge in [0.1, 0.15) is 0 Å². The Morgan fingerprint density at radius 2 is 1.81 bits per heavy atom. The Morgan fingerprint density at radius 1 is 1.25 bits per heavy atom. The summed E-state index contributed by atoms with van der Waals surface area (Å²) in [6.45, 7) is 0. The van der Waals surface area contributed by atoms with Gasteiger partial charge in [-0.15, -0.1) is 0 Å². The van der Waals surface area contributed by atoms with Crippen LogP contribution in [0.2, 0.25) is 0 Å². The first-order valence-electron chi connectivity index (χ1n) is 5.01. The normalized spacial score (nSPS) is 11.2. The van der Waals surface area contributed by atoms with Crippen LogP contribution in [0.15, 0.2) is 29.3 Å². The van der Waals surface area contributed by atoms with Crippen LogP contribution < -0.4 is 4.90 Å². The molecule has 0 unspecified atom stereocenters. The Hall–Kier alpha value is -1.35. The number of aliphatic imine (C=N–C) groups is 1. The predicted octanol–water partition coefficient (Wildman–Crippen LogP) is 2.04. The molecular weight excluding hydrogens is 222 g/mol. The second-order valence-electron chi connectivity index (χ2n) is 3.94. The van der Waals surface area contributed by atoms with Gasteiger partial charge in [-0.05, 0) is 40.9 Å². The Kier molecular flexibility index (Phi) is 4.50. The lowest BCUT2D eigenvalue weighted by atomic mass is 10.2. The third-order valence-corrected chi connectivity index (χ3v) is 2.34. The second-order valence-corrected chi connectivity index (χ2v) is 4.30. The van der Waals surface area contributed by atoms with Gasteiger partial charge < -0.3 is 4.90 Å². The first kappa shape index (κ1) is 12.7. The Labute approximate surface area is 102 Å². The summed E-state index contributed by atoms with van der Waals surface area (Å²) >= 11 is 6.06. The third-order valence-electron chi connectivity index (χ3n) is 2.02. The SMILES string of the molecule is CN(C)c1ccc(C(Cl)=NC=[N+](C)C)cc1. The molecule has 1 aromatic rings. The van der Waals surface area contributed by atoms with E-state index in [0.29, 0.717) is 5.17 Å². The van der Waals surface area contributed by atoms with Crippen molar-refractivity contribution in [1.82, 2.24) is 0 Å². The van der Waals surface area contributed by atoms with Gasteiger partial charge in [-0.2, -0.15) is 0 Å². The van der Waals surface area contributed by atoms with Gasteiger partial charge in [0.25, 0.3) is 6.34 Å². The predicted molar refractivity (Wildman–Crippen MR) is 71.3 cm³/mol. The molecule has 0 N–H and O–H groups in total. The highest BCUT2D eigenvalue weighted by atomic mass is 35.5. The zero-order valence-corrected chi connectivity index (χ0v) is 10.9. The van der Waals surface area contributed by atoms with Gasteiger partial charge in [-0.1, -0.05) is 0 Å². The first-order valence-corrected chi connectivity index (χ1v) is 5.39. The monoisotopic (exact) mass is 238 g/mol. The molecule has 3 nitrogen and oxygen atoms in total. The van der Waals surface area contributed by atoms with Gasteiger partial charge in [0.2, 0.25) is 5.17 Å². The van der Waals surface area contributed by atoms with E-state index in [0.717, 1.165) is 11.3 Å². The van der Waals surface area contributed by atoms with Gasteiger partial charge in [-0.25, -0.2) is 0 Å². The Balaban J connectivity index is 2.90. The maximum atomic E-state index is 6.06. The molecule has 0 fully saturated rings. The van der Waals surface area contributed by atoms with E-state index in [-0.39, 0.29) is 0 Å². The molecule has 0 radical (unpaired) electrons. The van der Waals surface area contributed by atoms with Crippen molar-refractivity contribution >= 4 is 28.8 Å². The van der Waals surface area contributed by atoms with Gasteiger partial charge in [0.05, 0.1) is 14.1 Å². The number of hydrogen-bond acceptors (Lipinski definition) is 1. The fraction of sp³-hybridized carbons (Fsp3) is 0.333. The molecule has 0 aliphatic carbocycles. The van der Waals surface area contributed by atoms with E-state index in [1.165, 1.54) is 0 Å². The molecule has 16 heavy (non-hydrogen) atoms. The summed E-state index contributed by atoms with van der Waals surface area (Å²) < 4.78 is 1.84. The Morgan fingerprint density at radius 3 is 2.25 bits per heavy atom. The lowest BCUT2D eigenvalue weighted by Crippen LogP contribution is -2.08. The maximum absolute atomic E-state index is 6.06. The van der Waals surface area contributed by atoms with E-state index < -0.39 is 0 Å². The van der Waals surface area contributed by atoms with Crippen molar-refractivity contribution in [3.63, 3.8) is 0 Å². The lowest BCUT2D eigenvalue weighted by molar-refractivity contribution is -0.460. The highest BCUT2D eigenvalue weighted by Crippen LogP contribution is 2.13. The fourth-order valence-electron chi connectivity index (χ4n) is 1.14. The van der Waals surface area contributed by atoms with E-state index >= 15 is 0 Å². The highest BCUT2D eigenvalue weighted by molar-refractivity contribution is 6.70. The van der Waals surface area contributed by atoms with Crippen molar-refractivity contribution < 1.29 is 4.58 Å². The quantitative estimate of drug-likeness (QED) is 0.448. The summed E-state index contributed by atoms with van der Waals surface area (Å²) in [5, 5.41) is 0.499. The molecule has 0 aromatic heterocycles. The number of nitrogens with zero attached hydrogens (tertiary/aromatic N) is 3. The first-order chi connectivity index (χ1) is 7.50. The van der Waals surface area contributed by atoms with Crippen molar-refractivity contribution in [1.29, 1.82) is 0 Å². The second kappa shape index (κ2) is 5.66. The number of anilines is 1. The van der Waals surface area contributed by atoms with Gasteiger partial charge in [0, 0.05) is 25.3 Å². The number of benzene rings is 1. The Bertz CT molecular complexity index is 401. The molecule has 0 atom stereocenters. The molecule has 0 aliphatic heterocycles. The van der Waals surface area contributed by atoms with Crippen molar-refractivity contribution in [2.24, 2.45) is 4.99 Å². The minimum atomic E-state index is 0.499. The fourth-order valence-corrected chi connectivity index (χ4v) is 1.31. The van der Waals surface area contributed by atoms with Crippen LogP contribution in [0.1, 0.15) is 5.56 Å².